The minimum absolute atomic E-state index is 0.154. The molecule has 0 N–H and O–H groups in total. The Hall–Kier alpha value is -0.643. The first-order valence-electron chi connectivity index (χ1n) is 5.35. The standard InChI is InChI=1S/C12H18O2Si/c1-12(2)9-13-15(3,14-10-12)11-7-5-4-6-8-11/h4-8H,9-10H2,1-3H3. The monoisotopic (exact) mass is 222 g/mol. The van der Waals surface area contributed by atoms with Crippen LogP contribution >= 0.6 is 0 Å². The Balaban J connectivity index is 2.17. The molecule has 0 amide bonds. The molecule has 1 heterocycles. The van der Waals surface area contributed by atoms with Crippen molar-refractivity contribution in [3.05, 3.63) is 30.3 Å². The van der Waals surface area contributed by atoms with Gasteiger partial charge in [-0.05, 0) is 11.7 Å². The van der Waals surface area contributed by atoms with Crippen molar-refractivity contribution in [2.45, 2.75) is 20.4 Å². The molecule has 1 fully saturated rings. The summed E-state index contributed by atoms with van der Waals surface area (Å²) in [5.41, 5.74) is 0.154. The molecule has 1 aliphatic heterocycles. The molecule has 2 rings (SSSR count). The molecule has 1 saturated heterocycles. The molecule has 1 aromatic carbocycles. The molecular formula is C12H18O2Si. The van der Waals surface area contributed by atoms with E-state index in [4.69, 9.17) is 8.85 Å². The van der Waals surface area contributed by atoms with Crippen molar-refractivity contribution in [1.82, 2.24) is 0 Å². The SMILES string of the molecule is CC1(C)CO[Si](C)(c2ccccc2)OC1. The first-order valence-corrected chi connectivity index (χ1v) is 7.67. The van der Waals surface area contributed by atoms with Crippen molar-refractivity contribution in [3.63, 3.8) is 0 Å². The third-order valence-corrected chi connectivity index (χ3v) is 5.55. The molecule has 0 radical (unpaired) electrons. The van der Waals surface area contributed by atoms with Gasteiger partial charge >= 0.3 is 8.56 Å². The lowest BCUT2D eigenvalue weighted by molar-refractivity contribution is 0.0209. The van der Waals surface area contributed by atoms with Crippen LogP contribution in [0.2, 0.25) is 6.55 Å². The second kappa shape index (κ2) is 3.74. The molecule has 0 aliphatic carbocycles. The van der Waals surface area contributed by atoms with Crippen LogP contribution in [-0.4, -0.2) is 21.8 Å². The zero-order valence-corrected chi connectivity index (χ0v) is 10.6. The fraction of sp³-hybridized carbons (Fsp3) is 0.500. The first-order chi connectivity index (χ1) is 7.02. The maximum atomic E-state index is 5.98. The summed E-state index contributed by atoms with van der Waals surface area (Å²) in [5, 5.41) is 1.22. The predicted molar refractivity (Wildman–Crippen MR) is 63.4 cm³/mol. The van der Waals surface area contributed by atoms with Crippen LogP contribution in [0.1, 0.15) is 13.8 Å². The maximum absolute atomic E-state index is 5.98. The van der Waals surface area contributed by atoms with E-state index in [2.05, 4.69) is 32.5 Å². The smallest absolute Gasteiger partial charge is 0.369 e. The highest BCUT2D eigenvalue weighted by molar-refractivity contribution is 6.80. The van der Waals surface area contributed by atoms with Crippen LogP contribution in [0.3, 0.4) is 0 Å². The Labute approximate surface area is 92.5 Å². The first kappa shape index (κ1) is 10.9. The summed E-state index contributed by atoms with van der Waals surface area (Å²) in [7, 11) is -2.10. The van der Waals surface area contributed by atoms with Crippen molar-refractivity contribution in [3.8, 4) is 0 Å². The van der Waals surface area contributed by atoms with Gasteiger partial charge in [-0.25, -0.2) is 0 Å². The fourth-order valence-electron chi connectivity index (χ4n) is 1.66. The minimum atomic E-state index is -2.10. The molecule has 0 spiro atoms. The van der Waals surface area contributed by atoms with Crippen molar-refractivity contribution < 1.29 is 8.85 Å². The van der Waals surface area contributed by atoms with E-state index in [1.807, 2.05) is 18.2 Å². The van der Waals surface area contributed by atoms with Gasteiger partial charge in [0.15, 0.2) is 0 Å². The highest BCUT2D eigenvalue weighted by Gasteiger charge is 2.41. The average molecular weight is 222 g/mol. The molecule has 0 bridgehead atoms. The van der Waals surface area contributed by atoms with Crippen molar-refractivity contribution in [2.75, 3.05) is 13.2 Å². The predicted octanol–water partition coefficient (Wildman–Crippen LogP) is 2.04. The van der Waals surface area contributed by atoms with Crippen LogP contribution in [0.25, 0.3) is 0 Å². The number of hydrogen-bond acceptors (Lipinski definition) is 2. The Morgan fingerprint density at radius 3 is 2.13 bits per heavy atom. The van der Waals surface area contributed by atoms with Gasteiger partial charge in [-0.3, -0.25) is 0 Å². The van der Waals surface area contributed by atoms with Gasteiger partial charge in [0.1, 0.15) is 0 Å². The summed E-state index contributed by atoms with van der Waals surface area (Å²) in [5.74, 6) is 0. The third kappa shape index (κ3) is 2.30. The third-order valence-electron chi connectivity index (χ3n) is 2.77. The van der Waals surface area contributed by atoms with Gasteiger partial charge in [0.25, 0.3) is 0 Å². The van der Waals surface area contributed by atoms with Crippen LogP contribution in [0.15, 0.2) is 30.3 Å². The lowest BCUT2D eigenvalue weighted by Gasteiger charge is -2.39. The van der Waals surface area contributed by atoms with Crippen LogP contribution < -0.4 is 5.19 Å². The van der Waals surface area contributed by atoms with Gasteiger partial charge in [0.2, 0.25) is 0 Å². The normalized spacial score (nSPS) is 23.7. The zero-order valence-electron chi connectivity index (χ0n) is 9.62. The van der Waals surface area contributed by atoms with E-state index < -0.39 is 8.56 Å². The zero-order chi connectivity index (χ0) is 10.9. The number of hydrogen-bond donors (Lipinski definition) is 0. The van der Waals surface area contributed by atoms with Crippen LogP contribution in [-0.2, 0) is 8.85 Å². The van der Waals surface area contributed by atoms with Gasteiger partial charge in [0.05, 0.1) is 0 Å². The van der Waals surface area contributed by atoms with Gasteiger partial charge in [0, 0.05) is 18.6 Å². The van der Waals surface area contributed by atoms with Gasteiger partial charge < -0.3 is 8.85 Å². The van der Waals surface area contributed by atoms with Crippen molar-refractivity contribution >= 4 is 13.7 Å². The molecule has 0 atom stereocenters. The topological polar surface area (TPSA) is 18.5 Å². The van der Waals surface area contributed by atoms with E-state index >= 15 is 0 Å². The highest BCUT2D eigenvalue weighted by Crippen LogP contribution is 2.26. The molecular weight excluding hydrogens is 204 g/mol. The Bertz CT molecular complexity index is 325. The van der Waals surface area contributed by atoms with E-state index in [-0.39, 0.29) is 5.41 Å². The maximum Gasteiger partial charge on any atom is 0.369 e. The summed E-state index contributed by atoms with van der Waals surface area (Å²) in [6, 6.07) is 10.3. The Morgan fingerprint density at radius 2 is 1.60 bits per heavy atom. The Morgan fingerprint density at radius 1 is 1.07 bits per heavy atom. The van der Waals surface area contributed by atoms with E-state index in [1.165, 1.54) is 5.19 Å². The highest BCUT2D eigenvalue weighted by atomic mass is 28.4. The molecule has 3 heteroatoms. The van der Waals surface area contributed by atoms with Crippen molar-refractivity contribution in [1.29, 1.82) is 0 Å². The lowest BCUT2D eigenvalue weighted by atomic mass is 9.97. The lowest BCUT2D eigenvalue weighted by Crippen LogP contribution is -2.57. The minimum Gasteiger partial charge on any atom is -0.390 e. The summed E-state index contributed by atoms with van der Waals surface area (Å²) >= 11 is 0. The van der Waals surface area contributed by atoms with Crippen LogP contribution in [0.5, 0.6) is 0 Å². The summed E-state index contributed by atoms with van der Waals surface area (Å²) in [4.78, 5) is 0. The summed E-state index contributed by atoms with van der Waals surface area (Å²) in [6.45, 7) is 8.06. The summed E-state index contributed by atoms with van der Waals surface area (Å²) < 4.78 is 12.0. The van der Waals surface area contributed by atoms with Crippen molar-refractivity contribution in [2.24, 2.45) is 5.41 Å². The second-order valence-electron chi connectivity index (χ2n) is 5.05. The quantitative estimate of drug-likeness (QED) is 0.677. The van der Waals surface area contributed by atoms with E-state index in [1.54, 1.807) is 0 Å². The molecule has 0 saturated carbocycles. The van der Waals surface area contributed by atoms with Gasteiger partial charge in [-0.15, -0.1) is 0 Å². The van der Waals surface area contributed by atoms with Gasteiger partial charge in [-0.2, -0.15) is 0 Å². The number of benzene rings is 1. The molecule has 0 aromatic heterocycles. The molecule has 1 aliphatic rings. The fourth-order valence-corrected chi connectivity index (χ4v) is 4.20. The Kier molecular flexibility index (Phi) is 2.71. The van der Waals surface area contributed by atoms with Gasteiger partial charge in [-0.1, -0.05) is 44.2 Å². The average Bonchev–Trinajstić information content (AvgIpc) is 2.24. The largest absolute Gasteiger partial charge is 0.390 e. The molecule has 1 aromatic rings. The van der Waals surface area contributed by atoms with Crippen LogP contribution in [0.4, 0.5) is 0 Å². The van der Waals surface area contributed by atoms with E-state index in [9.17, 15) is 0 Å². The van der Waals surface area contributed by atoms with E-state index in [0.717, 1.165) is 13.2 Å². The van der Waals surface area contributed by atoms with Crippen LogP contribution in [0, 0.1) is 5.41 Å². The second-order valence-corrected chi connectivity index (χ2v) is 8.10. The molecule has 15 heavy (non-hydrogen) atoms. The van der Waals surface area contributed by atoms with E-state index in [0.29, 0.717) is 0 Å². The molecule has 0 unspecified atom stereocenters. The summed E-state index contributed by atoms with van der Waals surface area (Å²) in [6.07, 6.45) is 0. The number of rotatable bonds is 1. The molecule has 82 valence electrons. The molecule has 2 nitrogen and oxygen atoms in total.